The Bertz CT molecular complexity index is 1500. The van der Waals surface area contributed by atoms with Crippen molar-refractivity contribution in [3.05, 3.63) is 108 Å². The summed E-state index contributed by atoms with van der Waals surface area (Å²) < 4.78 is 5.51. The van der Waals surface area contributed by atoms with Crippen molar-refractivity contribution in [2.24, 2.45) is 4.99 Å². The third-order valence-corrected chi connectivity index (χ3v) is 8.17. The molecule has 1 N–H and O–H groups in total. The Morgan fingerprint density at radius 3 is 2.60 bits per heavy atom. The molecule has 1 fully saturated rings. The zero-order valence-corrected chi connectivity index (χ0v) is 22.9. The highest BCUT2D eigenvalue weighted by Crippen LogP contribution is 2.35. The molecule has 0 spiro atoms. The Balaban J connectivity index is 1.21. The molecule has 1 atom stereocenters. The lowest BCUT2D eigenvalue weighted by molar-refractivity contribution is -0.132. The third-order valence-electron chi connectivity index (χ3n) is 8.17. The number of methoxy groups -OCH3 is 1. The smallest absolute Gasteiger partial charge is 0.227 e. The molecule has 2 aliphatic rings. The molecule has 6 rings (SSSR count). The number of fused-ring (bicyclic) bond motifs is 1. The van der Waals surface area contributed by atoms with Gasteiger partial charge in [-0.3, -0.25) is 14.8 Å². The van der Waals surface area contributed by atoms with Crippen LogP contribution in [0.25, 0.3) is 10.8 Å². The number of hydrazine groups is 1. The van der Waals surface area contributed by atoms with Gasteiger partial charge in [0.2, 0.25) is 5.91 Å². The number of nitrogens with zero attached hydrogens (tertiary/aromatic N) is 4. The van der Waals surface area contributed by atoms with Crippen LogP contribution >= 0.6 is 0 Å². The first-order chi connectivity index (χ1) is 19.7. The topological polar surface area (TPSA) is 70.1 Å². The van der Waals surface area contributed by atoms with Crippen LogP contribution in [0.2, 0.25) is 0 Å². The maximum Gasteiger partial charge on any atom is 0.227 e. The molecular weight excluding hydrogens is 498 g/mol. The summed E-state index contributed by atoms with van der Waals surface area (Å²) in [6, 6.07) is 26.7. The Morgan fingerprint density at radius 1 is 1.00 bits per heavy atom. The van der Waals surface area contributed by atoms with Gasteiger partial charge in [0.1, 0.15) is 12.1 Å². The van der Waals surface area contributed by atoms with Gasteiger partial charge >= 0.3 is 0 Å². The minimum Gasteiger partial charge on any atom is -0.497 e. The lowest BCUT2D eigenvalue weighted by Gasteiger charge is -2.33. The second-order valence-corrected chi connectivity index (χ2v) is 10.6. The van der Waals surface area contributed by atoms with E-state index >= 15 is 0 Å². The Hall–Kier alpha value is -4.23. The van der Waals surface area contributed by atoms with Gasteiger partial charge in [0.05, 0.1) is 20.1 Å². The molecule has 40 heavy (non-hydrogen) atoms. The van der Waals surface area contributed by atoms with Crippen molar-refractivity contribution in [2.45, 2.75) is 43.8 Å². The first-order valence-electron chi connectivity index (χ1n) is 14.1. The highest BCUT2D eigenvalue weighted by molar-refractivity contribution is 5.90. The summed E-state index contributed by atoms with van der Waals surface area (Å²) in [5.41, 5.74) is 5.87. The van der Waals surface area contributed by atoms with Gasteiger partial charge in [-0.05, 0) is 53.4 Å². The normalized spacial score (nSPS) is 18.9. The van der Waals surface area contributed by atoms with Crippen LogP contribution in [0.1, 0.15) is 42.4 Å². The second-order valence-electron chi connectivity index (χ2n) is 10.6. The fourth-order valence-corrected chi connectivity index (χ4v) is 6.07. The van der Waals surface area contributed by atoms with E-state index in [4.69, 9.17) is 9.73 Å². The minimum absolute atomic E-state index is 0.188. The Morgan fingerprint density at radius 2 is 1.77 bits per heavy atom. The fraction of sp³-hybridized carbons (Fsp3) is 0.303. The van der Waals surface area contributed by atoms with Crippen LogP contribution in [0.4, 0.5) is 0 Å². The monoisotopic (exact) mass is 533 g/mol. The molecule has 0 radical (unpaired) electrons. The molecule has 1 aliphatic carbocycles. The molecule has 1 aliphatic heterocycles. The standard InChI is InChI=1S/C33H35N5O2/c1-40-30-14-7-11-28(23-30)33(27-16-18-34-19-17-27)35-24-37(36-33)20-21-38(29-12-3-4-13-29)32(39)22-26-10-6-9-25-8-2-5-15-31(25)26/h2,5-11,14-19,23-24,29,36H,3-4,12-13,20-22H2,1H3. The first-order valence-corrected chi connectivity index (χ1v) is 14.1. The molecule has 7 nitrogen and oxygen atoms in total. The lowest BCUT2D eigenvalue weighted by Crippen LogP contribution is -2.50. The van der Waals surface area contributed by atoms with Gasteiger partial charge in [-0.25, -0.2) is 4.99 Å². The molecule has 4 aromatic rings. The molecule has 0 bridgehead atoms. The zero-order chi connectivity index (χ0) is 27.4. The summed E-state index contributed by atoms with van der Waals surface area (Å²) in [5, 5.41) is 4.33. The number of ether oxygens (including phenoxy) is 1. The van der Waals surface area contributed by atoms with Gasteiger partial charge in [0, 0.05) is 36.1 Å². The van der Waals surface area contributed by atoms with E-state index in [2.05, 4.69) is 45.6 Å². The summed E-state index contributed by atoms with van der Waals surface area (Å²) >= 11 is 0. The molecule has 1 amide bonds. The van der Waals surface area contributed by atoms with Crippen molar-refractivity contribution in [1.82, 2.24) is 20.3 Å². The van der Waals surface area contributed by atoms with E-state index in [1.54, 1.807) is 19.5 Å². The summed E-state index contributed by atoms with van der Waals surface area (Å²) in [7, 11) is 1.67. The van der Waals surface area contributed by atoms with E-state index in [9.17, 15) is 4.79 Å². The fourth-order valence-electron chi connectivity index (χ4n) is 6.07. The number of aliphatic imine (C=N–C) groups is 1. The highest BCUT2D eigenvalue weighted by atomic mass is 16.5. The van der Waals surface area contributed by atoms with Gasteiger partial charge in [0.25, 0.3) is 0 Å². The number of aromatic nitrogens is 1. The number of hydrogen-bond acceptors (Lipinski definition) is 6. The third kappa shape index (κ3) is 5.17. The summed E-state index contributed by atoms with van der Waals surface area (Å²) in [6.07, 6.45) is 10.3. The predicted molar refractivity (Wildman–Crippen MR) is 158 cm³/mol. The Kier molecular flexibility index (Phi) is 7.47. The van der Waals surface area contributed by atoms with Crippen molar-refractivity contribution in [3.63, 3.8) is 0 Å². The number of hydrogen-bond donors (Lipinski definition) is 1. The predicted octanol–water partition coefficient (Wildman–Crippen LogP) is 5.31. The van der Waals surface area contributed by atoms with Crippen molar-refractivity contribution >= 4 is 23.0 Å². The molecule has 7 heteroatoms. The largest absolute Gasteiger partial charge is 0.497 e. The molecule has 2 heterocycles. The van der Waals surface area contributed by atoms with Crippen LogP contribution in [0.5, 0.6) is 5.75 Å². The van der Waals surface area contributed by atoms with Gasteiger partial charge in [0.15, 0.2) is 5.66 Å². The summed E-state index contributed by atoms with van der Waals surface area (Å²) in [5.74, 6) is 0.959. The van der Waals surface area contributed by atoms with Gasteiger partial charge in [-0.1, -0.05) is 67.4 Å². The maximum atomic E-state index is 13.8. The van der Waals surface area contributed by atoms with Crippen molar-refractivity contribution < 1.29 is 9.53 Å². The van der Waals surface area contributed by atoms with E-state index in [0.29, 0.717) is 19.5 Å². The molecular formula is C33H35N5O2. The average Bonchev–Trinajstić information content (AvgIpc) is 3.70. The summed E-state index contributed by atoms with van der Waals surface area (Å²) in [6.45, 7) is 1.25. The number of amides is 1. The number of benzene rings is 3. The number of carbonyl (C=O) groups excluding carboxylic acids is 1. The van der Waals surface area contributed by atoms with Crippen LogP contribution < -0.4 is 10.2 Å². The van der Waals surface area contributed by atoms with Crippen molar-refractivity contribution in [1.29, 1.82) is 0 Å². The Labute approximate surface area is 235 Å². The maximum absolute atomic E-state index is 13.8. The molecule has 1 aromatic heterocycles. The van der Waals surface area contributed by atoms with Crippen LogP contribution in [0.3, 0.4) is 0 Å². The van der Waals surface area contributed by atoms with E-state index in [1.165, 1.54) is 18.2 Å². The van der Waals surface area contributed by atoms with E-state index in [-0.39, 0.29) is 11.9 Å². The molecule has 1 unspecified atom stereocenters. The number of pyridine rings is 1. The van der Waals surface area contributed by atoms with Gasteiger partial charge in [-0.2, -0.15) is 5.43 Å². The lowest BCUT2D eigenvalue weighted by atomic mass is 9.93. The average molecular weight is 534 g/mol. The van der Waals surface area contributed by atoms with E-state index in [1.807, 2.05) is 59.9 Å². The highest BCUT2D eigenvalue weighted by Gasteiger charge is 2.39. The molecule has 0 saturated heterocycles. The number of rotatable bonds is 9. The van der Waals surface area contributed by atoms with Gasteiger partial charge < -0.3 is 9.64 Å². The number of nitrogens with one attached hydrogen (secondary N) is 1. The summed E-state index contributed by atoms with van der Waals surface area (Å²) in [4.78, 5) is 25.1. The molecule has 3 aromatic carbocycles. The molecule has 204 valence electrons. The van der Waals surface area contributed by atoms with Crippen LogP contribution in [0.15, 0.2) is 96.2 Å². The SMILES string of the molecule is COc1cccc(C2(c3ccncc3)N=CN(CCN(C(=O)Cc3cccc4ccccc34)C3CCCC3)N2)c1. The van der Waals surface area contributed by atoms with Gasteiger partial charge in [-0.15, -0.1) is 0 Å². The number of carbonyl (C=O) groups is 1. The van der Waals surface area contributed by atoms with Crippen LogP contribution in [0, 0.1) is 0 Å². The van der Waals surface area contributed by atoms with E-state index < -0.39 is 5.66 Å². The zero-order valence-electron chi connectivity index (χ0n) is 22.9. The first kappa shape index (κ1) is 26.0. The second kappa shape index (κ2) is 11.5. The van der Waals surface area contributed by atoms with Crippen LogP contribution in [-0.2, 0) is 16.9 Å². The quantitative estimate of drug-likeness (QED) is 0.316. The minimum atomic E-state index is -0.803. The van der Waals surface area contributed by atoms with Crippen molar-refractivity contribution in [2.75, 3.05) is 20.2 Å². The van der Waals surface area contributed by atoms with Crippen molar-refractivity contribution in [3.8, 4) is 5.75 Å². The molecule has 1 saturated carbocycles. The van der Waals surface area contributed by atoms with E-state index in [0.717, 1.165) is 40.7 Å². The van der Waals surface area contributed by atoms with Crippen LogP contribution in [-0.4, -0.2) is 53.4 Å².